The van der Waals surface area contributed by atoms with Gasteiger partial charge in [-0.25, -0.2) is 18.1 Å². The van der Waals surface area contributed by atoms with Crippen molar-refractivity contribution in [2.75, 3.05) is 12.4 Å². The van der Waals surface area contributed by atoms with E-state index < -0.39 is 10.0 Å². The fourth-order valence-corrected chi connectivity index (χ4v) is 2.64. The highest BCUT2D eigenvalue weighted by Crippen LogP contribution is 2.18. The molecule has 0 aliphatic heterocycles. The van der Waals surface area contributed by atoms with Crippen molar-refractivity contribution in [2.24, 2.45) is 7.05 Å². The van der Waals surface area contributed by atoms with E-state index in [2.05, 4.69) is 25.1 Å². The number of anilines is 1. The fourth-order valence-electron chi connectivity index (χ4n) is 1.50. The Morgan fingerprint density at radius 3 is 2.84 bits per heavy atom. The van der Waals surface area contributed by atoms with Crippen LogP contribution in [0.4, 0.5) is 5.69 Å². The van der Waals surface area contributed by atoms with Crippen molar-refractivity contribution in [2.45, 2.75) is 11.4 Å². The first-order valence-electron chi connectivity index (χ1n) is 5.49. The summed E-state index contributed by atoms with van der Waals surface area (Å²) in [6.07, 6.45) is 4.32. The highest BCUT2D eigenvalue weighted by atomic mass is 32.2. The highest BCUT2D eigenvalue weighted by molar-refractivity contribution is 7.89. The van der Waals surface area contributed by atoms with E-state index in [1.807, 2.05) is 0 Å². The first kappa shape index (κ1) is 13.4. The number of nitrogens with zero attached hydrogens (tertiary/aromatic N) is 4. The number of hydrogen-bond acceptors (Lipinski definition) is 6. The molecule has 2 aromatic rings. The Bertz CT molecular complexity index is 666. The summed E-state index contributed by atoms with van der Waals surface area (Å²) >= 11 is 0. The second kappa shape index (κ2) is 5.33. The molecule has 2 aromatic heterocycles. The third kappa shape index (κ3) is 3.06. The van der Waals surface area contributed by atoms with Crippen LogP contribution in [-0.2, 0) is 23.6 Å². The maximum atomic E-state index is 12.1. The van der Waals surface area contributed by atoms with Gasteiger partial charge in [-0.1, -0.05) is 0 Å². The molecule has 8 nitrogen and oxygen atoms in total. The van der Waals surface area contributed by atoms with E-state index in [0.717, 1.165) is 0 Å². The van der Waals surface area contributed by atoms with Gasteiger partial charge >= 0.3 is 0 Å². The van der Waals surface area contributed by atoms with Crippen molar-refractivity contribution in [3.8, 4) is 0 Å². The second-order valence-corrected chi connectivity index (χ2v) is 5.52. The first-order chi connectivity index (χ1) is 9.03. The second-order valence-electron chi connectivity index (χ2n) is 3.78. The van der Waals surface area contributed by atoms with Crippen molar-refractivity contribution in [3.63, 3.8) is 0 Å². The molecule has 0 fully saturated rings. The van der Waals surface area contributed by atoms with Crippen molar-refractivity contribution in [1.29, 1.82) is 0 Å². The summed E-state index contributed by atoms with van der Waals surface area (Å²) < 4.78 is 28.2. The van der Waals surface area contributed by atoms with Crippen molar-refractivity contribution >= 4 is 15.7 Å². The van der Waals surface area contributed by atoms with Gasteiger partial charge < -0.3 is 5.32 Å². The summed E-state index contributed by atoms with van der Waals surface area (Å²) in [4.78, 5) is 7.86. The third-order valence-electron chi connectivity index (χ3n) is 2.41. The zero-order valence-corrected chi connectivity index (χ0v) is 11.3. The van der Waals surface area contributed by atoms with E-state index in [9.17, 15) is 8.42 Å². The van der Waals surface area contributed by atoms with Gasteiger partial charge in [0.05, 0.1) is 12.2 Å². The van der Waals surface area contributed by atoms with Crippen molar-refractivity contribution in [3.05, 3.63) is 30.6 Å². The van der Waals surface area contributed by atoms with Crippen molar-refractivity contribution < 1.29 is 8.42 Å². The molecule has 0 aromatic carbocycles. The van der Waals surface area contributed by atoms with Gasteiger partial charge in [-0.2, -0.15) is 5.10 Å². The SMILES string of the molecule is CNc1ccncc1S(=O)(=O)NCc1ncn(C)n1. The number of pyridine rings is 1. The van der Waals surface area contributed by atoms with Gasteiger partial charge in [-0.3, -0.25) is 9.67 Å². The number of aromatic nitrogens is 4. The Morgan fingerprint density at radius 2 is 2.21 bits per heavy atom. The first-order valence-corrected chi connectivity index (χ1v) is 6.97. The molecule has 0 radical (unpaired) electrons. The molecule has 0 bridgehead atoms. The number of sulfonamides is 1. The Hall–Kier alpha value is -2.00. The van der Waals surface area contributed by atoms with E-state index in [0.29, 0.717) is 11.5 Å². The summed E-state index contributed by atoms with van der Waals surface area (Å²) in [5.41, 5.74) is 0.483. The van der Waals surface area contributed by atoms with E-state index in [-0.39, 0.29) is 11.4 Å². The quantitative estimate of drug-likeness (QED) is 0.782. The van der Waals surface area contributed by atoms with Crippen LogP contribution in [0.5, 0.6) is 0 Å². The van der Waals surface area contributed by atoms with Crippen LogP contribution in [0.15, 0.2) is 29.7 Å². The monoisotopic (exact) mass is 282 g/mol. The van der Waals surface area contributed by atoms with Crippen LogP contribution in [0.1, 0.15) is 5.82 Å². The molecular weight excluding hydrogens is 268 g/mol. The van der Waals surface area contributed by atoms with E-state index in [1.54, 1.807) is 20.2 Å². The zero-order chi connectivity index (χ0) is 13.9. The summed E-state index contributed by atoms with van der Waals surface area (Å²) in [5.74, 6) is 0.404. The van der Waals surface area contributed by atoms with Crippen LogP contribution < -0.4 is 10.0 Å². The lowest BCUT2D eigenvalue weighted by molar-refractivity contribution is 0.578. The summed E-state index contributed by atoms with van der Waals surface area (Å²) in [6.45, 7) is 0.0290. The number of nitrogens with one attached hydrogen (secondary N) is 2. The molecule has 2 rings (SSSR count). The lowest BCUT2D eigenvalue weighted by atomic mass is 10.4. The van der Waals surface area contributed by atoms with E-state index >= 15 is 0 Å². The molecular formula is C10H14N6O2S. The minimum Gasteiger partial charge on any atom is -0.387 e. The Balaban J connectivity index is 2.18. The standard InChI is InChI=1S/C10H14N6O2S/c1-11-8-3-4-12-5-9(8)19(17,18)14-6-10-13-7-16(2)15-10/h3-5,7,14H,6H2,1-2H3,(H,11,12). The zero-order valence-electron chi connectivity index (χ0n) is 10.5. The van der Waals surface area contributed by atoms with E-state index in [4.69, 9.17) is 0 Å². The van der Waals surface area contributed by atoms with Crippen LogP contribution >= 0.6 is 0 Å². The average Bonchev–Trinajstić information content (AvgIpc) is 2.82. The minimum atomic E-state index is -3.66. The smallest absolute Gasteiger partial charge is 0.244 e. The Labute approximate surface area is 110 Å². The molecule has 0 unspecified atom stereocenters. The molecule has 2 heterocycles. The lowest BCUT2D eigenvalue weighted by Crippen LogP contribution is -2.25. The maximum absolute atomic E-state index is 12.1. The van der Waals surface area contributed by atoms with Gasteiger partial charge in [-0.05, 0) is 6.07 Å². The Morgan fingerprint density at radius 1 is 1.42 bits per heavy atom. The maximum Gasteiger partial charge on any atom is 0.244 e. The minimum absolute atomic E-state index is 0.0290. The molecule has 19 heavy (non-hydrogen) atoms. The molecule has 0 atom stereocenters. The normalized spacial score (nSPS) is 11.5. The summed E-state index contributed by atoms with van der Waals surface area (Å²) in [5, 5.41) is 6.81. The van der Waals surface area contributed by atoms with Gasteiger partial charge in [0.25, 0.3) is 0 Å². The van der Waals surface area contributed by atoms with Gasteiger partial charge in [-0.15, -0.1) is 0 Å². The van der Waals surface area contributed by atoms with Crippen LogP contribution in [0.25, 0.3) is 0 Å². The molecule has 0 spiro atoms. The Kier molecular flexibility index (Phi) is 3.76. The molecule has 0 aliphatic carbocycles. The molecule has 2 N–H and O–H groups in total. The highest BCUT2D eigenvalue weighted by Gasteiger charge is 2.18. The summed E-state index contributed by atoms with van der Waals surface area (Å²) in [6, 6.07) is 1.59. The van der Waals surface area contributed by atoms with Gasteiger partial charge in [0.1, 0.15) is 11.2 Å². The predicted octanol–water partition coefficient (Wildman–Crippen LogP) is -0.270. The molecule has 0 aliphatic rings. The summed E-state index contributed by atoms with van der Waals surface area (Å²) in [7, 11) is -0.295. The van der Waals surface area contributed by atoms with Crippen LogP contribution in [0.2, 0.25) is 0 Å². The predicted molar refractivity (Wildman–Crippen MR) is 68.8 cm³/mol. The molecule has 0 saturated carbocycles. The van der Waals surface area contributed by atoms with Crippen LogP contribution in [0.3, 0.4) is 0 Å². The van der Waals surface area contributed by atoms with Crippen LogP contribution in [-0.4, -0.2) is 35.2 Å². The largest absolute Gasteiger partial charge is 0.387 e. The molecule has 0 saturated heterocycles. The van der Waals surface area contributed by atoms with Gasteiger partial charge in [0, 0.05) is 26.5 Å². The van der Waals surface area contributed by atoms with E-state index in [1.165, 1.54) is 23.4 Å². The molecule has 0 amide bonds. The third-order valence-corrected chi connectivity index (χ3v) is 3.84. The number of rotatable bonds is 5. The average molecular weight is 282 g/mol. The van der Waals surface area contributed by atoms with Crippen molar-refractivity contribution in [1.82, 2.24) is 24.5 Å². The number of aryl methyl sites for hydroxylation is 1. The number of hydrogen-bond donors (Lipinski definition) is 2. The molecule has 9 heteroatoms. The van der Waals surface area contributed by atoms with Crippen LogP contribution in [0, 0.1) is 0 Å². The lowest BCUT2D eigenvalue weighted by Gasteiger charge is -2.09. The van der Waals surface area contributed by atoms with Gasteiger partial charge in [0.15, 0.2) is 5.82 Å². The van der Waals surface area contributed by atoms with Gasteiger partial charge in [0.2, 0.25) is 10.0 Å². The molecule has 102 valence electrons. The fraction of sp³-hybridized carbons (Fsp3) is 0.300. The topological polar surface area (TPSA) is 102 Å².